The van der Waals surface area contributed by atoms with Crippen molar-refractivity contribution >= 4 is 34.7 Å². The van der Waals surface area contributed by atoms with Gasteiger partial charge in [-0.3, -0.25) is 9.59 Å². The molecule has 182 valence electrons. The number of hydrogen-bond donors (Lipinski definition) is 3. The van der Waals surface area contributed by atoms with Crippen LogP contribution in [-0.4, -0.2) is 46.6 Å². The monoisotopic (exact) mass is 485 g/mol. The Hall–Kier alpha value is -4.35. The van der Waals surface area contributed by atoms with E-state index in [-0.39, 0.29) is 17.8 Å². The number of likely N-dealkylation sites (N-methyl/N-ethyl adjacent to an activating group) is 1. The third kappa shape index (κ3) is 5.60. The molecule has 0 aliphatic heterocycles. The molecule has 3 aromatic rings. The van der Waals surface area contributed by atoms with Gasteiger partial charge in [-0.25, -0.2) is 15.0 Å². The van der Waals surface area contributed by atoms with E-state index in [0.29, 0.717) is 33.7 Å². The molecule has 4 N–H and O–H groups in total. The summed E-state index contributed by atoms with van der Waals surface area (Å²) in [5.74, 6) is -0.861. The molecule has 0 atom stereocenters. The molecule has 0 aliphatic carbocycles. The first-order valence-electron chi connectivity index (χ1n) is 10.3. The molecule has 0 aliphatic rings. The molecule has 2 aromatic heterocycles. The van der Waals surface area contributed by atoms with Crippen LogP contribution in [0.2, 0.25) is 0 Å². The predicted molar refractivity (Wildman–Crippen MR) is 125 cm³/mol. The number of halogens is 3. The molecular weight excluding hydrogens is 463 g/mol. The minimum atomic E-state index is -4.57. The van der Waals surface area contributed by atoms with Crippen molar-refractivity contribution in [2.75, 3.05) is 18.5 Å². The van der Waals surface area contributed by atoms with E-state index in [0.717, 1.165) is 12.3 Å². The van der Waals surface area contributed by atoms with Crippen molar-refractivity contribution in [3.63, 3.8) is 0 Å². The fourth-order valence-electron chi connectivity index (χ4n) is 3.40. The van der Waals surface area contributed by atoms with Gasteiger partial charge >= 0.3 is 6.18 Å². The van der Waals surface area contributed by atoms with Crippen LogP contribution in [0.4, 0.5) is 18.9 Å². The van der Waals surface area contributed by atoms with Gasteiger partial charge in [-0.2, -0.15) is 13.2 Å². The van der Waals surface area contributed by atoms with E-state index in [1.165, 1.54) is 31.1 Å². The number of anilines is 1. The molecule has 35 heavy (non-hydrogen) atoms. The minimum Gasteiger partial charge on any atom is -0.372 e. The Morgan fingerprint density at radius 3 is 2.49 bits per heavy atom. The summed E-state index contributed by atoms with van der Waals surface area (Å²) in [6.07, 6.45) is -1.19. The minimum absolute atomic E-state index is 0.0174. The second-order valence-electron chi connectivity index (χ2n) is 7.68. The number of nitrogens with two attached hydrogens (primary N) is 1. The summed E-state index contributed by atoms with van der Waals surface area (Å²) in [7, 11) is 1.54. The summed E-state index contributed by atoms with van der Waals surface area (Å²) in [4.78, 5) is 37.5. The second-order valence-corrected chi connectivity index (χ2v) is 7.68. The lowest BCUT2D eigenvalue weighted by molar-refractivity contribution is -0.141. The maximum absolute atomic E-state index is 13.0. The average Bonchev–Trinajstić information content (AvgIpc) is 2.79. The lowest BCUT2D eigenvalue weighted by atomic mass is 10.1. The highest BCUT2D eigenvalue weighted by molar-refractivity contribution is 6.07. The van der Waals surface area contributed by atoms with E-state index in [9.17, 15) is 22.8 Å². The molecule has 9 nitrogen and oxygen atoms in total. The standard InChI is InChI=1S/C23H22F3N7O2/c1-12-8-14(4-5-17(12)33(3)22(35)15(6-7-27)29-11-19(28)34)21-30-10-16-20(32-21)13(2)9-18(31-16)23(24,25)26/h4-10,27,29H,11H2,1-3H3,(H2,28,34)/b15-6-,27-7?. The molecule has 1 aromatic carbocycles. The van der Waals surface area contributed by atoms with Crippen molar-refractivity contribution < 1.29 is 22.8 Å². The quantitative estimate of drug-likeness (QED) is 0.348. The van der Waals surface area contributed by atoms with Crippen LogP contribution in [0.3, 0.4) is 0 Å². The van der Waals surface area contributed by atoms with Crippen LogP contribution in [0.15, 0.2) is 42.2 Å². The van der Waals surface area contributed by atoms with Gasteiger partial charge in [-0.1, -0.05) is 0 Å². The molecule has 0 fully saturated rings. The Kier molecular flexibility index (Phi) is 7.13. The predicted octanol–water partition coefficient (Wildman–Crippen LogP) is 2.90. The maximum atomic E-state index is 13.0. The number of hydrogen-bond acceptors (Lipinski definition) is 7. The number of allylic oxidation sites excluding steroid dienone is 1. The number of aryl methyl sites for hydroxylation is 2. The first-order chi connectivity index (χ1) is 16.4. The molecule has 2 amide bonds. The van der Waals surface area contributed by atoms with E-state index in [1.54, 1.807) is 25.1 Å². The number of nitrogens with zero attached hydrogens (tertiary/aromatic N) is 4. The molecule has 0 saturated heterocycles. The van der Waals surface area contributed by atoms with Crippen molar-refractivity contribution in [1.29, 1.82) is 5.41 Å². The zero-order valence-electron chi connectivity index (χ0n) is 19.1. The summed E-state index contributed by atoms with van der Waals surface area (Å²) < 4.78 is 39.1. The number of carbonyl (C=O) groups excluding carboxylic acids is 2. The van der Waals surface area contributed by atoms with Crippen molar-refractivity contribution in [1.82, 2.24) is 20.3 Å². The topological polar surface area (TPSA) is 138 Å². The molecule has 3 rings (SSSR count). The van der Waals surface area contributed by atoms with Crippen LogP contribution in [0.25, 0.3) is 22.4 Å². The molecule has 0 radical (unpaired) electrons. The summed E-state index contributed by atoms with van der Waals surface area (Å²) >= 11 is 0. The van der Waals surface area contributed by atoms with Crippen LogP contribution in [-0.2, 0) is 15.8 Å². The number of amides is 2. The van der Waals surface area contributed by atoms with E-state index < -0.39 is 23.7 Å². The van der Waals surface area contributed by atoms with Gasteiger partial charge in [0.05, 0.1) is 18.3 Å². The number of pyridine rings is 1. The van der Waals surface area contributed by atoms with Crippen LogP contribution in [0.5, 0.6) is 0 Å². The van der Waals surface area contributed by atoms with E-state index in [1.807, 2.05) is 0 Å². The highest BCUT2D eigenvalue weighted by Crippen LogP contribution is 2.31. The maximum Gasteiger partial charge on any atom is 0.433 e. The number of rotatable bonds is 7. The number of carbonyl (C=O) groups is 2. The Balaban J connectivity index is 1.93. The fourth-order valence-corrected chi connectivity index (χ4v) is 3.40. The average molecular weight is 485 g/mol. The van der Waals surface area contributed by atoms with Gasteiger partial charge in [0.15, 0.2) is 5.82 Å². The third-order valence-corrected chi connectivity index (χ3v) is 5.08. The normalized spacial score (nSPS) is 11.9. The summed E-state index contributed by atoms with van der Waals surface area (Å²) in [5, 5.41) is 9.85. The van der Waals surface area contributed by atoms with E-state index >= 15 is 0 Å². The van der Waals surface area contributed by atoms with Gasteiger partial charge in [0.2, 0.25) is 5.91 Å². The summed E-state index contributed by atoms with van der Waals surface area (Å²) in [6, 6.07) is 6.03. The highest BCUT2D eigenvalue weighted by atomic mass is 19.4. The number of aromatic nitrogens is 3. The van der Waals surface area contributed by atoms with Gasteiger partial charge in [-0.05, 0) is 55.3 Å². The Morgan fingerprint density at radius 1 is 1.17 bits per heavy atom. The van der Waals surface area contributed by atoms with Crippen LogP contribution in [0, 0.1) is 19.3 Å². The summed E-state index contributed by atoms with van der Waals surface area (Å²) in [6.45, 7) is 3.02. The van der Waals surface area contributed by atoms with Crippen LogP contribution in [0.1, 0.15) is 16.8 Å². The third-order valence-electron chi connectivity index (χ3n) is 5.08. The Morgan fingerprint density at radius 2 is 1.89 bits per heavy atom. The highest BCUT2D eigenvalue weighted by Gasteiger charge is 2.33. The van der Waals surface area contributed by atoms with E-state index in [2.05, 4.69) is 20.3 Å². The van der Waals surface area contributed by atoms with Crippen molar-refractivity contribution in [3.8, 4) is 11.4 Å². The molecule has 0 saturated carbocycles. The van der Waals surface area contributed by atoms with Gasteiger partial charge in [0, 0.05) is 24.5 Å². The number of alkyl halides is 3. The molecule has 0 unspecified atom stereocenters. The van der Waals surface area contributed by atoms with Crippen LogP contribution < -0.4 is 16.0 Å². The molecular formula is C23H22F3N7O2. The first-order valence-corrected chi connectivity index (χ1v) is 10.3. The van der Waals surface area contributed by atoms with Gasteiger partial charge < -0.3 is 21.4 Å². The lowest BCUT2D eigenvalue weighted by Gasteiger charge is -2.22. The lowest BCUT2D eigenvalue weighted by Crippen LogP contribution is -2.37. The number of benzene rings is 1. The first kappa shape index (κ1) is 25.3. The second kappa shape index (κ2) is 9.87. The van der Waals surface area contributed by atoms with Crippen molar-refractivity contribution in [2.45, 2.75) is 20.0 Å². The largest absolute Gasteiger partial charge is 0.433 e. The van der Waals surface area contributed by atoms with Gasteiger partial charge in [-0.15, -0.1) is 0 Å². The zero-order valence-corrected chi connectivity index (χ0v) is 19.1. The fraction of sp³-hybridized carbons (Fsp3) is 0.217. The number of fused-ring (bicyclic) bond motifs is 1. The van der Waals surface area contributed by atoms with E-state index in [4.69, 9.17) is 11.1 Å². The summed E-state index contributed by atoms with van der Waals surface area (Å²) in [5.41, 5.74) is 6.61. The SMILES string of the molecule is Cc1cc(-c2ncc3nc(C(F)(F)F)cc(C)c3n2)ccc1N(C)C(=O)/C(=C/C=N)NCC(N)=O. The molecule has 12 heteroatoms. The Labute approximate surface area is 198 Å². The Bertz CT molecular complexity index is 1350. The molecule has 2 heterocycles. The van der Waals surface area contributed by atoms with Crippen molar-refractivity contribution in [3.05, 3.63) is 59.1 Å². The van der Waals surface area contributed by atoms with Crippen LogP contribution >= 0.6 is 0 Å². The number of primary amides is 1. The molecule has 0 spiro atoms. The van der Waals surface area contributed by atoms with Gasteiger partial charge in [0.1, 0.15) is 16.9 Å². The number of nitrogens with one attached hydrogen (secondary N) is 2. The van der Waals surface area contributed by atoms with Crippen molar-refractivity contribution in [2.24, 2.45) is 5.73 Å². The molecule has 0 bridgehead atoms. The zero-order chi connectivity index (χ0) is 25.9. The van der Waals surface area contributed by atoms with Gasteiger partial charge in [0.25, 0.3) is 5.91 Å². The smallest absolute Gasteiger partial charge is 0.372 e.